The van der Waals surface area contributed by atoms with E-state index in [1.54, 1.807) is 17.8 Å². The SMILES string of the molecule is C[C@H](NC(=O)/C(C#N)=C/c1ccccc1Sc1ccc(Cl)cc1)c1ccccc1. The molecular weight excluding hydrogens is 400 g/mol. The highest BCUT2D eigenvalue weighted by Crippen LogP contribution is 2.32. The molecule has 1 amide bonds. The molecule has 0 aliphatic carbocycles. The molecule has 0 radical (unpaired) electrons. The van der Waals surface area contributed by atoms with Crippen LogP contribution in [-0.4, -0.2) is 5.91 Å². The molecule has 0 heterocycles. The van der Waals surface area contributed by atoms with Crippen molar-refractivity contribution in [1.82, 2.24) is 5.32 Å². The van der Waals surface area contributed by atoms with Gasteiger partial charge in [0.15, 0.2) is 0 Å². The quantitative estimate of drug-likeness (QED) is 0.378. The van der Waals surface area contributed by atoms with Crippen LogP contribution >= 0.6 is 23.4 Å². The van der Waals surface area contributed by atoms with Gasteiger partial charge in [0.2, 0.25) is 0 Å². The minimum atomic E-state index is -0.393. The number of amides is 1. The molecule has 1 atom stereocenters. The number of halogens is 1. The van der Waals surface area contributed by atoms with E-state index in [1.807, 2.05) is 91.9 Å². The van der Waals surface area contributed by atoms with Crippen molar-refractivity contribution in [3.63, 3.8) is 0 Å². The Kier molecular flexibility index (Phi) is 7.13. The van der Waals surface area contributed by atoms with Crippen LogP contribution in [0.25, 0.3) is 6.08 Å². The van der Waals surface area contributed by atoms with Crippen LogP contribution in [0.4, 0.5) is 0 Å². The number of nitrogens with one attached hydrogen (secondary N) is 1. The standard InChI is InChI=1S/C24H19ClN2OS/c1-17(18-7-3-2-4-8-18)27-24(28)20(16-26)15-19-9-5-6-10-23(19)29-22-13-11-21(25)12-14-22/h2-15,17H,1H3,(H,27,28)/b20-15+/t17-/m0/s1. The summed E-state index contributed by atoms with van der Waals surface area (Å²) in [7, 11) is 0. The number of nitrogens with zero attached hydrogens (tertiary/aromatic N) is 1. The molecular formula is C24H19ClN2OS. The van der Waals surface area contributed by atoms with Gasteiger partial charge < -0.3 is 5.32 Å². The van der Waals surface area contributed by atoms with Crippen molar-refractivity contribution in [1.29, 1.82) is 5.26 Å². The predicted molar refractivity (Wildman–Crippen MR) is 119 cm³/mol. The summed E-state index contributed by atoms with van der Waals surface area (Å²) < 4.78 is 0. The third kappa shape index (κ3) is 5.74. The normalized spacial score (nSPS) is 12.1. The molecule has 0 aliphatic heterocycles. The van der Waals surface area contributed by atoms with E-state index in [0.29, 0.717) is 5.02 Å². The van der Waals surface area contributed by atoms with Gasteiger partial charge in [0.25, 0.3) is 5.91 Å². The first-order valence-electron chi connectivity index (χ1n) is 9.07. The van der Waals surface area contributed by atoms with Crippen LogP contribution in [0.1, 0.15) is 24.1 Å². The van der Waals surface area contributed by atoms with Crippen molar-refractivity contribution in [3.8, 4) is 6.07 Å². The lowest BCUT2D eigenvalue weighted by Gasteiger charge is -2.14. The first kappa shape index (κ1) is 20.7. The molecule has 0 saturated heterocycles. The average molecular weight is 419 g/mol. The molecule has 1 N–H and O–H groups in total. The lowest BCUT2D eigenvalue weighted by atomic mass is 10.1. The summed E-state index contributed by atoms with van der Waals surface area (Å²) in [5.41, 5.74) is 1.86. The van der Waals surface area contributed by atoms with E-state index in [0.717, 1.165) is 20.9 Å². The number of hydrogen-bond donors (Lipinski definition) is 1. The zero-order chi connectivity index (χ0) is 20.6. The largest absolute Gasteiger partial charge is 0.345 e. The Morgan fingerprint density at radius 3 is 2.38 bits per heavy atom. The molecule has 0 spiro atoms. The second-order valence-electron chi connectivity index (χ2n) is 6.37. The second-order valence-corrected chi connectivity index (χ2v) is 7.92. The fourth-order valence-electron chi connectivity index (χ4n) is 2.73. The average Bonchev–Trinajstić information content (AvgIpc) is 2.75. The Labute approximate surface area is 180 Å². The molecule has 0 fully saturated rings. The Bertz CT molecular complexity index is 1060. The number of nitriles is 1. The zero-order valence-corrected chi connectivity index (χ0v) is 17.4. The van der Waals surface area contributed by atoms with E-state index in [4.69, 9.17) is 11.6 Å². The molecule has 0 saturated carbocycles. The first-order chi connectivity index (χ1) is 14.1. The Morgan fingerprint density at radius 2 is 1.69 bits per heavy atom. The van der Waals surface area contributed by atoms with Gasteiger partial charge in [-0.1, -0.05) is 71.9 Å². The fourth-order valence-corrected chi connectivity index (χ4v) is 3.77. The van der Waals surface area contributed by atoms with Crippen molar-refractivity contribution in [2.75, 3.05) is 0 Å². The van der Waals surface area contributed by atoms with Crippen molar-refractivity contribution < 1.29 is 4.79 Å². The van der Waals surface area contributed by atoms with Crippen LogP contribution in [-0.2, 0) is 4.79 Å². The maximum absolute atomic E-state index is 12.6. The molecule has 3 rings (SSSR count). The maximum atomic E-state index is 12.6. The van der Waals surface area contributed by atoms with Crippen LogP contribution in [0.15, 0.2) is 94.2 Å². The smallest absolute Gasteiger partial charge is 0.262 e. The fraction of sp³-hybridized carbons (Fsp3) is 0.0833. The zero-order valence-electron chi connectivity index (χ0n) is 15.8. The van der Waals surface area contributed by atoms with E-state index in [2.05, 4.69) is 5.32 Å². The number of hydrogen-bond acceptors (Lipinski definition) is 3. The Balaban J connectivity index is 1.81. The van der Waals surface area contributed by atoms with Gasteiger partial charge in [-0.05, 0) is 54.5 Å². The molecule has 5 heteroatoms. The van der Waals surface area contributed by atoms with Crippen molar-refractivity contribution in [2.45, 2.75) is 22.8 Å². The van der Waals surface area contributed by atoms with E-state index < -0.39 is 5.91 Å². The summed E-state index contributed by atoms with van der Waals surface area (Å²) >= 11 is 7.51. The molecule has 0 aromatic heterocycles. The molecule has 3 aromatic carbocycles. The molecule has 3 nitrogen and oxygen atoms in total. The second kappa shape index (κ2) is 9.97. The maximum Gasteiger partial charge on any atom is 0.262 e. The Hall–Kier alpha value is -3.00. The van der Waals surface area contributed by atoms with E-state index in [1.165, 1.54) is 0 Å². The first-order valence-corrected chi connectivity index (χ1v) is 10.3. The molecule has 0 unspecified atom stereocenters. The van der Waals surface area contributed by atoms with Gasteiger partial charge in [-0.15, -0.1) is 0 Å². The Morgan fingerprint density at radius 1 is 1.03 bits per heavy atom. The van der Waals surface area contributed by atoms with Gasteiger partial charge in [-0.3, -0.25) is 4.79 Å². The summed E-state index contributed by atoms with van der Waals surface area (Å²) in [6.45, 7) is 1.90. The summed E-state index contributed by atoms with van der Waals surface area (Å²) in [6, 6.07) is 26.7. The van der Waals surface area contributed by atoms with Crippen LogP contribution < -0.4 is 5.32 Å². The molecule has 3 aromatic rings. The third-order valence-corrected chi connectivity index (χ3v) is 5.62. The van der Waals surface area contributed by atoms with Crippen LogP contribution in [0.2, 0.25) is 5.02 Å². The molecule has 144 valence electrons. The van der Waals surface area contributed by atoms with Gasteiger partial charge in [0.05, 0.1) is 6.04 Å². The van der Waals surface area contributed by atoms with Gasteiger partial charge in [-0.2, -0.15) is 5.26 Å². The topological polar surface area (TPSA) is 52.9 Å². The number of carbonyl (C=O) groups is 1. The third-order valence-electron chi connectivity index (χ3n) is 4.27. The van der Waals surface area contributed by atoms with E-state index in [-0.39, 0.29) is 11.6 Å². The van der Waals surface area contributed by atoms with Crippen LogP contribution in [0.3, 0.4) is 0 Å². The summed E-state index contributed by atoms with van der Waals surface area (Å²) in [4.78, 5) is 14.6. The van der Waals surface area contributed by atoms with Gasteiger partial charge in [-0.25, -0.2) is 0 Å². The van der Waals surface area contributed by atoms with E-state index >= 15 is 0 Å². The molecule has 0 bridgehead atoms. The summed E-state index contributed by atoms with van der Waals surface area (Å²) in [5.74, 6) is -0.393. The minimum Gasteiger partial charge on any atom is -0.345 e. The number of carbonyl (C=O) groups excluding carboxylic acids is 1. The lowest BCUT2D eigenvalue weighted by Crippen LogP contribution is -2.27. The lowest BCUT2D eigenvalue weighted by molar-refractivity contribution is -0.117. The van der Waals surface area contributed by atoms with Crippen molar-refractivity contribution in [2.24, 2.45) is 0 Å². The van der Waals surface area contributed by atoms with Crippen molar-refractivity contribution >= 4 is 35.3 Å². The number of benzene rings is 3. The highest BCUT2D eigenvalue weighted by molar-refractivity contribution is 7.99. The van der Waals surface area contributed by atoms with Crippen molar-refractivity contribution in [3.05, 3.63) is 101 Å². The van der Waals surface area contributed by atoms with Gasteiger partial charge in [0, 0.05) is 14.8 Å². The van der Waals surface area contributed by atoms with Gasteiger partial charge >= 0.3 is 0 Å². The van der Waals surface area contributed by atoms with Crippen LogP contribution in [0.5, 0.6) is 0 Å². The molecule has 0 aliphatic rings. The number of rotatable bonds is 6. The highest BCUT2D eigenvalue weighted by Gasteiger charge is 2.14. The van der Waals surface area contributed by atoms with E-state index in [9.17, 15) is 10.1 Å². The molecule has 29 heavy (non-hydrogen) atoms. The minimum absolute atomic E-state index is 0.0666. The predicted octanol–water partition coefficient (Wildman–Crippen LogP) is 6.28. The van der Waals surface area contributed by atoms with Gasteiger partial charge in [0.1, 0.15) is 11.6 Å². The highest BCUT2D eigenvalue weighted by atomic mass is 35.5. The van der Waals surface area contributed by atoms with Crippen LogP contribution in [0, 0.1) is 11.3 Å². The summed E-state index contributed by atoms with van der Waals surface area (Å²) in [6.07, 6.45) is 1.63. The monoisotopic (exact) mass is 418 g/mol. The summed E-state index contributed by atoms with van der Waals surface area (Å²) in [5, 5.41) is 13.1.